The van der Waals surface area contributed by atoms with Crippen molar-refractivity contribution in [2.24, 2.45) is 11.8 Å². The molecule has 0 spiro atoms. The third-order valence-corrected chi connectivity index (χ3v) is 3.62. The predicted molar refractivity (Wildman–Crippen MR) is 53.1 cm³/mol. The minimum Gasteiger partial charge on any atom is -0.481 e. The fourth-order valence-electron chi connectivity index (χ4n) is 2.69. The van der Waals surface area contributed by atoms with E-state index in [4.69, 9.17) is 5.11 Å². The van der Waals surface area contributed by atoms with Crippen LogP contribution in [0.15, 0.2) is 0 Å². The second-order valence-electron chi connectivity index (χ2n) is 4.50. The molecule has 4 nitrogen and oxygen atoms in total. The predicted octanol–water partition coefficient (Wildman–Crippen LogP) is 0.000800. The molecule has 3 unspecified atom stereocenters. The number of carboxylic acids is 1. The number of rotatable bonds is 1. The van der Waals surface area contributed by atoms with E-state index in [-0.39, 0.29) is 5.92 Å². The van der Waals surface area contributed by atoms with Crippen molar-refractivity contribution in [1.29, 1.82) is 0 Å². The van der Waals surface area contributed by atoms with Gasteiger partial charge in [0.05, 0.1) is 5.92 Å². The van der Waals surface area contributed by atoms with Crippen LogP contribution in [0.2, 0.25) is 0 Å². The quantitative estimate of drug-likeness (QED) is 0.623. The number of aliphatic carboxylic acids is 1. The Bertz CT molecular complexity index is 232. The second-order valence-corrected chi connectivity index (χ2v) is 4.50. The van der Waals surface area contributed by atoms with Crippen molar-refractivity contribution in [2.45, 2.75) is 18.9 Å². The van der Waals surface area contributed by atoms with Crippen LogP contribution < -0.4 is 5.32 Å². The maximum absolute atomic E-state index is 11.0. The molecular formula is C10H18N2O2. The zero-order valence-electron chi connectivity index (χ0n) is 8.57. The third kappa shape index (κ3) is 1.77. The summed E-state index contributed by atoms with van der Waals surface area (Å²) in [6, 6.07) is 0.432. The van der Waals surface area contributed by atoms with Crippen LogP contribution in [-0.4, -0.2) is 48.7 Å². The van der Waals surface area contributed by atoms with E-state index < -0.39 is 5.97 Å². The van der Waals surface area contributed by atoms with Crippen LogP contribution in [0.3, 0.4) is 0 Å². The van der Waals surface area contributed by atoms with Gasteiger partial charge in [0, 0.05) is 12.6 Å². The number of nitrogens with zero attached hydrogens (tertiary/aromatic N) is 1. The number of likely N-dealkylation sites (tertiary alicyclic amines) is 1. The maximum atomic E-state index is 11.0. The molecule has 2 aliphatic heterocycles. The van der Waals surface area contributed by atoms with Gasteiger partial charge in [-0.3, -0.25) is 4.79 Å². The minimum atomic E-state index is -0.630. The van der Waals surface area contributed by atoms with Crippen LogP contribution in [0.4, 0.5) is 0 Å². The van der Waals surface area contributed by atoms with Gasteiger partial charge in [0.1, 0.15) is 0 Å². The van der Waals surface area contributed by atoms with Gasteiger partial charge in [0.15, 0.2) is 0 Å². The molecule has 0 aromatic rings. The number of nitrogens with one attached hydrogen (secondary N) is 1. The smallest absolute Gasteiger partial charge is 0.308 e. The van der Waals surface area contributed by atoms with E-state index in [1.165, 1.54) is 0 Å². The summed E-state index contributed by atoms with van der Waals surface area (Å²) in [4.78, 5) is 13.3. The van der Waals surface area contributed by atoms with E-state index in [2.05, 4.69) is 17.3 Å². The van der Waals surface area contributed by atoms with Gasteiger partial charge >= 0.3 is 5.97 Å². The van der Waals surface area contributed by atoms with E-state index in [0.717, 1.165) is 25.9 Å². The van der Waals surface area contributed by atoms with Crippen LogP contribution in [0.5, 0.6) is 0 Å². The average Bonchev–Trinajstić information content (AvgIpc) is 2.46. The highest BCUT2D eigenvalue weighted by molar-refractivity contribution is 5.71. The normalized spacial score (nSPS) is 39.1. The summed E-state index contributed by atoms with van der Waals surface area (Å²) >= 11 is 0. The van der Waals surface area contributed by atoms with Crippen molar-refractivity contribution in [3.05, 3.63) is 0 Å². The summed E-state index contributed by atoms with van der Waals surface area (Å²) in [7, 11) is 2.11. The van der Waals surface area contributed by atoms with Crippen LogP contribution in [0.25, 0.3) is 0 Å². The van der Waals surface area contributed by atoms with Crippen molar-refractivity contribution < 1.29 is 9.90 Å². The summed E-state index contributed by atoms with van der Waals surface area (Å²) in [5.74, 6) is -0.446. The molecule has 0 radical (unpaired) electrons. The standard InChI is InChI=1S/C10H18N2O2/c1-12-4-2-7-8(10(13)14)6-11-9(7)3-5-12/h7-9,11H,2-6H2,1H3,(H,13,14). The number of carbonyl (C=O) groups is 1. The van der Waals surface area contributed by atoms with Crippen molar-refractivity contribution >= 4 is 5.97 Å². The van der Waals surface area contributed by atoms with Gasteiger partial charge in [0.2, 0.25) is 0 Å². The topological polar surface area (TPSA) is 52.6 Å². The molecule has 2 fully saturated rings. The van der Waals surface area contributed by atoms with Gasteiger partial charge in [-0.25, -0.2) is 0 Å². The van der Waals surface area contributed by atoms with Crippen LogP contribution in [-0.2, 0) is 4.79 Å². The Hall–Kier alpha value is -0.610. The molecule has 0 aliphatic carbocycles. The van der Waals surface area contributed by atoms with Crippen molar-refractivity contribution in [1.82, 2.24) is 10.2 Å². The van der Waals surface area contributed by atoms with Gasteiger partial charge < -0.3 is 15.3 Å². The number of hydrogen-bond acceptors (Lipinski definition) is 3. The molecule has 0 aromatic carbocycles. The Kier molecular flexibility index (Phi) is 2.74. The zero-order valence-corrected chi connectivity index (χ0v) is 8.57. The molecule has 4 heteroatoms. The molecule has 2 N–H and O–H groups in total. The molecule has 2 saturated heterocycles. The SMILES string of the molecule is CN1CCC2NCC(C(=O)O)C2CC1. The van der Waals surface area contributed by atoms with Crippen LogP contribution >= 0.6 is 0 Å². The molecule has 2 aliphatic rings. The first kappa shape index (κ1) is 9.93. The highest BCUT2D eigenvalue weighted by Crippen LogP contribution is 2.30. The zero-order chi connectivity index (χ0) is 10.1. The Balaban J connectivity index is 2.05. The van der Waals surface area contributed by atoms with Crippen molar-refractivity contribution in [3.63, 3.8) is 0 Å². The molecule has 0 aromatic heterocycles. The largest absolute Gasteiger partial charge is 0.481 e. The van der Waals surface area contributed by atoms with Gasteiger partial charge in [-0.2, -0.15) is 0 Å². The van der Waals surface area contributed by atoms with E-state index in [1.54, 1.807) is 0 Å². The second kappa shape index (κ2) is 3.87. The summed E-state index contributed by atoms with van der Waals surface area (Å²) in [6.07, 6.45) is 2.11. The molecule has 2 rings (SSSR count). The Morgan fingerprint density at radius 1 is 1.43 bits per heavy atom. The molecular weight excluding hydrogens is 180 g/mol. The average molecular weight is 198 g/mol. The fraction of sp³-hybridized carbons (Fsp3) is 0.900. The first-order chi connectivity index (χ1) is 6.68. The number of fused-ring (bicyclic) bond motifs is 1. The van der Waals surface area contributed by atoms with Gasteiger partial charge in [-0.15, -0.1) is 0 Å². The summed E-state index contributed by atoms with van der Waals surface area (Å²) in [6.45, 7) is 2.78. The van der Waals surface area contributed by atoms with E-state index in [9.17, 15) is 4.79 Å². The number of carboxylic acid groups (broad SMARTS) is 1. The lowest BCUT2D eigenvalue weighted by Gasteiger charge is -2.18. The summed E-state index contributed by atoms with van der Waals surface area (Å²) in [5, 5.41) is 12.4. The first-order valence-corrected chi connectivity index (χ1v) is 5.33. The highest BCUT2D eigenvalue weighted by atomic mass is 16.4. The van der Waals surface area contributed by atoms with Gasteiger partial charge in [-0.05, 0) is 38.9 Å². The lowest BCUT2D eigenvalue weighted by atomic mass is 9.87. The molecule has 0 bridgehead atoms. The van der Waals surface area contributed by atoms with Crippen molar-refractivity contribution in [2.75, 3.05) is 26.7 Å². The van der Waals surface area contributed by atoms with Crippen LogP contribution in [0, 0.1) is 11.8 Å². The number of hydrogen-bond donors (Lipinski definition) is 2. The van der Waals surface area contributed by atoms with E-state index >= 15 is 0 Å². The molecule has 14 heavy (non-hydrogen) atoms. The van der Waals surface area contributed by atoms with Crippen molar-refractivity contribution in [3.8, 4) is 0 Å². The fourth-order valence-corrected chi connectivity index (χ4v) is 2.69. The molecule has 2 heterocycles. The van der Waals surface area contributed by atoms with E-state index in [1.807, 2.05) is 0 Å². The lowest BCUT2D eigenvalue weighted by Crippen LogP contribution is -2.28. The van der Waals surface area contributed by atoms with Gasteiger partial charge in [0.25, 0.3) is 0 Å². The molecule has 0 saturated carbocycles. The molecule has 80 valence electrons. The molecule has 0 amide bonds. The summed E-state index contributed by atoms with van der Waals surface area (Å²) < 4.78 is 0. The first-order valence-electron chi connectivity index (χ1n) is 5.33. The van der Waals surface area contributed by atoms with E-state index in [0.29, 0.717) is 18.5 Å². The third-order valence-electron chi connectivity index (χ3n) is 3.62. The molecule has 3 atom stereocenters. The Labute approximate surface area is 84.3 Å². The monoisotopic (exact) mass is 198 g/mol. The summed E-state index contributed by atoms with van der Waals surface area (Å²) in [5.41, 5.74) is 0. The van der Waals surface area contributed by atoms with Gasteiger partial charge in [-0.1, -0.05) is 0 Å². The Morgan fingerprint density at radius 3 is 2.86 bits per heavy atom. The van der Waals surface area contributed by atoms with Crippen LogP contribution in [0.1, 0.15) is 12.8 Å². The maximum Gasteiger partial charge on any atom is 0.308 e. The lowest BCUT2D eigenvalue weighted by molar-refractivity contribution is -0.142. The Morgan fingerprint density at radius 2 is 2.14 bits per heavy atom. The highest BCUT2D eigenvalue weighted by Gasteiger charge is 2.40. The minimum absolute atomic E-state index is 0.161.